The SMILES string of the molecule is COc1ccc(CO[C@H]2[C@H]3O[C@@H](c4ccccc4)OC[C@H]3O[C@@H](Sc3ccc(C)cc3)[C@@H]2OCc2ccc(OC)cc2)cc1. The molecule has 2 aliphatic rings. The van der Waals surface area contributed by atoms with E-state index in [0.29, 0.717) is 19.8 Å². The van der Waals surface area contributed by atoms with Gasteiger partial charge in [0.05, 0.1) is 34.0 Å². The number of aryl methyl sites for hydroxylation is 1. The molecule has 0 spiro atoms. The lowest BCUT2D eigenvalue weighted by Gasteiger charge is -2.49. The second-order valence-electron chi connectivity index (χ2n) is 10.9. The van der Waals surface area contributed by atoms with Crippen LogP contribution in [0.25, 0.3) is 0 Å². The second kappa shape index (κ2) is 14.6. The molecule has 0 aromatic heterocycles. The zero-order chi connectivity index (χ0) is 30.3. The maximum atomic E-state index is 6.76. The average molecular weight is 615 g/mol. The van der Waals surface area contributed by atoms with Crippen LogP contribution < -0.4 is 9.47 Å². The number of thioether (sulfide) groups is 1. The van der Waals surface area contributed by atoms with E-state index in [1.54, 1.807) is 26.0 Å². The van der Waals surface area contributed by atoms with Gasteiger partial charge < -0.3 is 33.2 Å². The van der Waals surface area contributed by atoms with Crippen molar-refractivity contribution in [2.45, 2.75) is 61.2 Å². The van der Waals surface area contributed by atoms with Gasteiger partial charge in [-0.2, -0.15) is 0 Å². The van der Waals surface area contributed by atoms with Crippen molar-refractivity contribution in [1.29, 1.82) is 0 Å². The minimum absolute atomic E-state index is 0.334. The van der Waals surface area contributed by atoms with E-state index in [2.05, 4.69) is 31.2 Å². The summed E-state index contributed by atoms with van der Waals surface area (Å²) in [6.07, 6.45) is -2.16. The minimum atomic E-state index is -0.531. The molecule has 7 nitrogen and oxygen atoms in total. The number of ether oxygens (including phenoxy) is 7. The van der Waals surface area contributed by atoms with Gasteiger partial charge in [0.2, 0.25) is 0 Å². The summed E-state index contributed by atoms with van der Waals surface area (Å²) in [5.74, 6) is 1.60. The Labute approximate surface area is 263 Å². The van der Waals surface area contributed by atoms with Gasteiger partial charge in [0.15, 0.2) is 6.29 Å². The normalized spacial score (nSPS) is 24.8. The van der Waals surface area contributed by atoms with E-state index >= 15 is 0 Å². The molecule has 0 amide bonds. The molecule has 4 aromatic rings. The van der Waals surface area contributed by atoms with Gasteiger partial charge in [-0.05, 0) is 54.4 Å². The maximum Gasteiger partial charge on any atom is 0.184 e. The fourth-order valence-corrected chi connectivity index (χ4v) is 6.49. The average Bonchev–Trinajstić information content (AvgIpc) is 3.08. The molecule has 0 N–H and O–H groups in total. The highest BCUT2D eigenvalue weighted by atomic mass is 32.2. The van der Waals surface area contributed by atoms with Crippen molar-refractivity contribution in [1.82, 2.24) is 0 Å². The third-order valence-electron chi connectivity index (χ3n) is 7.83. The maximum absolute atomic E-state index is 6.76. The van der Waals surface area contributed by atoms with Gasteiger partial charge in [0.25, 0.3) is 0 Å². The van der Waals surface area contributed by atoms with E-state index in [9.17, 15) is 0 Å². The molecule has 0 saturated carbocycles. The summed E-state index contributed by atoms with van der Waals surface area (Å²) < 4.78 is 43.7. The fourth-order valence-electron chi connectivity index (χ4n) is 5.37. The van der Waals surface area contributed by atoms with Crippen molar-refractivity contribution in [3.05, 3.63) is 125 Å². The predicted molar refractivity (Wildman–Crippen MR) is 169 cm³/mol. The van der Waals surface area contributed by atoms with Crippen molar-refractivity contribution < 1.29 is 33.2 Å². The van der Waals surface area contributed by atoms with Gasteiger partial charge >= 0.3 is 0 Å². The standard InChI is InChI=1S/C36H38O7S/c1-24-9-19-30(20-10-24)44-36-34(40-22-26-13-17-29(38-3)18-14-26)33(39-21-25-11-15-28(37-2)16-12-25)32-31(42-36)23-41-35(43-32)27-7-5-4-6-8-27/h4-20,31-36H,21-23H2,1-3H3/t31-,32+,33+,34-,35+,36+/m1/s1. The monoisotopic (exact) mass is 614 g/mol. The summed E-state index contributed by atoms with van der Waals surface area (Å²) in [5.41, 5.74) is 3.84. The lowest BCUT2D eigenvalue weighted by atomic mass is 9.98. The molecular formula is C36H38O7S. The van der Waals surface area contributed by atoms with E-state index in [4.69, 9.17) is 33.2 Å². The van der Waals surface area contributed by atoms with Gasteiger partial charge in [-0.3, -0.25) is 0 Å². The number of methoxy groups -OCH3 is 2. The van der Waals surface area contributed by atoms with Crippen LogP contribution in [0.1, 0.15) is 28.5 Å². The molecule has 4 aromatic carbocycles. The van der Waals surface area contributed by atoms with Crippen molar-refractivity contribution in [2.24, 2.45) is 0 Å². The van der Waals surface area contributed by atoms with E-state index in [1.807, 2.05) is 78.9 Å². The Morgan fingerprint density at radius 1 is 0.682 bits per heavy atom. The number of fused-ring (bicyclic) bond motifs is 1. The van der Waals surface area contributed by atoms with Crippen molar-refractivity contribution >= 4 is 11.8 Å². The first-order valence-electron chi connectivity index (χ1n) is 14.8. The summed E-state index contributed by atoms with van der Waals surface area (Å²) in [7, 11) is 3.32. The van der Waals surface area contributed by atoms with Gasteiger partial charge in [-0.25, -0.2) is 0 Å². The zero-order valence-corrected chi connectivity index (χ0v) is 26.0. The highest BCUT2D eigenvalue weighted by molar-refractivity contribution is 7.99. The van der Waals surface area contributed by atoms with Crippen molar-refractivity contribution in [3.63, 3.8) is 0 Å². The van der Waals surface area contributed by atoms with Crippen LogP contribution in [-0.2, 0) is 36.9 Å². The third-order valence-corrected chi connectivity index (χ3v) is 8.99. The van der Waals surface area contributed by atoms with Gasteiger partial charge in [0, 0.05) is 10.5 Å². The summed E-state index contributed by atoms with van der Waals surface area (Å²) in [5, 5.41) is 0. The molecule has 0 unspecified atom stereocenters. The van der Waals surface area contributed by atoms with Gasteiger partial charge in [0.1, 0.15) is 41.4 Å². The van der Waals surface area contributed by atoms with E-state index in [0.717, 1.165) is 33.1 Å². The quantitative estimate of drug-likeness (QED) is 0.177. The van der Waals surface area contributed by atoms with Crippen LogP contribution in [0, 0.1) is 6.92 Å². The van der Waals surface area contributed by atoms with Crippen LogP contribution >= 0.6 is 11.8 Å². The Hall–Kier alpha value is -3.37. The smallest absolute Gasteiger partial charge is 0.184 e. The molecule has 2 saturated heterocycles. The highest BCUT2D eigenvalue weighted by Gasteiger charge is 2.51. The number of benzene rings is 4. The molecule has 0 radical (unpaired) electrons. The van der Waals surface area contributed by atoms with Crippen molar-refractivity contribution in [3.8, 4) is 11.5 Å². The Morgan fingerprint density at radius 2 is 1.27 bits per heavy atom. The highest BCUT2D eigenvalue weighted by Crippen LogP contribution is 2.41. The van der Waals surface area contributed by atoms with E-state index in [-0.39, 0.29) is 11.5 Å². The lowest BCUT2D eigenvalue weighted by molar-refractivity contribution is -0.329. The van der Waals surface area contributed by atoms with Crippen molar-refractivity contribution in [2.75, 3.05) is 20.8 Å². The minimum Gasteiger partial charge on any atom is -0.497 e. The van der Waals surface area contributed by atoms with E-state index < -0.39 is 24.6 Å². The predicted octanol–water partition coefficient (Wildman–Crippen LogP) is 7.11. The summed E-state index contributed by atoms with van der Waals surface area (Å²) in [4.78, 5) is 1.09. The first kappa shape index (κ1) is 30.6. The zero-order valence-electron chi connectivity index (χ0n) is 25.2. The van der Waals surface area contributed by atoms with E-state index in [1.165, 1.54) is 5.56 Å². The molecule has 230 valence electrons. The molecule has 6 rings (SSSR count). The third kappa shape index (κ3) is 7.46. The topological polar surface area (TPSA) is 64.6 Å². The first-order valence-corrected chi connectivity index (χ1v) is 15.7. The molecule has 6 atom stereocenters. The fraction of sp³-hybridized carbons (Fsp3) is 0.333. The molecule has 0 bridgehead atoms. The Balaban J connectivity index is 1.30. The Kier molecular flexibility index (Phi) is 10.2. The Bertz CT molecular complexity index is 1450. The number of hydrogen-bond acceptors (Lipinski definition) is 8. The molecule has 2 aliphatic heterocycles. The molecule has 2 heterocycles. The Morgan fingerprint density at radius 3 is 1.86 bits per heavy atom. The summed E-state index contributed by atoms with van der Waals surface area (Å²) in [6, 6.07) is 34.2. The molecule has 2 fully saturated rings. The van der Waals surface area contributed by atoms with Crippen LogP contribution in [0.15, 0.2) is 108 Å². The first-order chi connectivity index (χ1) is 21.6. The summed E-state index contributed by atoms with van der Waals surface area (Å²) >= 11 is 1.63. The molecular weight excluding hydrogens is 576 g/mol. The largest absolute Gasteiger partial charge is 0.497 e. The summed E-state index contributed by atoms with van der Waals surface area (Å²) in [6.45, 7) is 3.21. The van der Waals surface area contributed by atoms with Crippen LogP contribution in [0.5, 0.6) is 11.5 Å². The second-order valence-corrected chi connectivity index (χ2v) is 12.1. The number of hydrogen-bond donors (Lipinski definition) is 0. The van der Waals surface area contributed by atoms with Crippen LogP contribution in [0.3, 0.4) is 0 Å². The lowest BCUT2D eigenvalue weighted by Crippen LogP contribution is -2.62. The van der Waals surface area contributed by atoms with Crippen LogP contribution in [0.4, 0.5) is 0 Å². The van der Waals surface area contributed by atoms with Gasteiger partial charge in [-0.15, -0.1) is 0 Å². The van der Waals surface area contributed by atoms with Crippen LogP contribution in [-0.4, -0.2) is 50.7 Å². The molecule has 8 heteroatoms. The number of rotatable bonds is 11. The molecule has 44 heavy (non-hydrogen) atoms. The molecule has 0 aliphatic carbocycles. The van der Waals surface area contributed by atoms with Gasteiger partial charge in [-0.1, -0.05) is 84.1 Å². The van der Waals surface area contributed by atoms with Crippen LogP contribution in [0.2, 0.25) is 0 Å².